The number of hydrogen-bond acceptors (Lipinski definition) is 3. The van der Waals surface area contributed by atoms with E-state index in [0.29, 0.717) is 18.6 Å². The normalized spacial score (nSPS) is 10.3. The number of carbonyl (C=O) groups is 2. The summed E-state index contributed by atoms with van der Waals surface area (Å²) in [5.41, 5.74) is 2.30. The first-order valence-electron chi connectivity index (χ1n) is 6.69. The van der Waals surface area contributed by atoms with Gasteiger partial charge in [0.25, 0.3) is 0 Å². The molecule has 2 aromatic rings. The van der Waals surface area contributed by atoms with E-state index in [1.807, 2.05) is 31.2 Å². The summed E-state index contributed by atoms with van der Waals surface area (Å²) in [7, 11) is 0. The van der Waals surface area contributed by atoms with Crippen LogP contribution in [0.15, 0.2) is 40.8 Å². The average molecular weight is 287 g/mol. The van der Waals surface area contributed by atoms with Crippen molar-refractivity contribution in [2.45, 2.75) is 26.3 Å². The molecule has 21 heavy (non-hydrogen) atoms. The summed E-state index contributed by atoms with van der Waals surface area (Å²) in [5, 5.41) is 11.4. The Kier molecular flexibility index (Phi) is 4.77. The van der Waals surface area contributed by atoms with Crippen LogP contribution in [0.1, 0.15) is 33.9 Å². The first-order valence-corrected chi connectivity index (χ1v) is 6.69. The van der Waals surface area contributed by atoms with E-state index in [1.54, 1.807) is 6.07 Å². The molecule has 2 N–H and O–H groups in total. The molecule has 1 amide bonds. The minimum atomic E-state index is -1.12. The SMILES string of the molecule is Cc1ccc(CCC(=O)NCc2ccc(C(=O)O)o2)cc1. The smallest absolute Gasteiger partial charge is 0.371 e. The molecule has 1 aromatic heterocycles. The zero-order valence-electron chi connectivity index (χ0n) is 11.8. The summed E-state index contributed by atoms with van der Waals surface area (Å²) in [4.78, 5) is 22.4. The van der Waals surface area contributed by atoms with E-state index in [2.05, 4.69) is 5.32 Å². The molecule has 0 aliphatic rings. The molecule has 0 atom stereocenters. The van der Waals surface area contributed by atoms with E-state index in [-0.39, 0.29) is 18.2 Å². The molecule has 0 aliphatic carbocycles. The lowest BCUT2D eigenvalue weighted by molar-refractivity contribution is -0.121. The minimum Gasteiger partial charge on any atom is -0.475 e. The standard InChI is InChI=1S/C16H17NO4/c1-11-2-4-12(5-3-11)6-9-15(18)17-10-13-7-8-14(21-13)16(19)20/h2-5,7-8H,6,9-10H2,1H3,(H,17,18)(H,19,20). The number of hydrogen-bond donors (Lipinski definition) is 2. The number of rotatable bonds is 6. The number of carboxylic acids is 1. The fraction of sp³-hybridized carbons (Fsp3) is 0.250. The second-order valence-corrected chi connectivity index (χ2v) is 4.83. The van der Waals surface area contributed by atoms with Gasteiger partial charge in [0.05, 0.1) is 6.54 Å². The molecular formula is C16H17NO4. The molecule has 0 fully saturated rings. The predicted octanol–water partition coefficient (Wildman–Crippen LogP) is 2.54. The van der Waals surface area contributed by atoms with Crippen LogP contribution in [0.5, 0.6) is 0 Å². The van der Waals surface area contributed by atoms with Gasteiger partial charge in [-0.2, -0.15) is 0 Å². The van der Waals surface area contributed by atoms with Gasteiger partial charge in [-0.05, 0) is 31.0 Å². The second kappa shape index (κ2) is 6.74. The molecule has 5 nitrogen and oxygen atoms in total. The van der Waals surface area contributed by atoms with Crippen LogP contribution in [-0.4, -0.2) is 17.0 Å². The highest BCUT2D eigenvalue weighted by atomic mass is 16.4. The first-order chi connectivity index (χ1) is 10.0. The predicted molar refractivity (Wildman–Crippen MR) is 77.0 cm³/mol. The molecule has 110 valence electrons. The lowest BCUT2D eigenvalue weighted by Gasteiger charge is -2.04. The Bertz CT molecular complexity index is 628. The summed E-state index contributed by atoms with van der Waals surface area (Å²) < 4.78 is 5.06. The van der Waals surface area contributed by atoms with Crippen molar-refractivity contribution in [3.8, 4) is 0 Å². The Hall–Kier alpha value is -2.56. The van der Waals surface area contributed by atoms with Crippen molar-refractivity contribution in [3.63, 3.8) is 0 Å². The molecule has 0 saturated heterocycles. The maximum absolute atomic E-state index is 11.7. The fourth-order valence-electron chi connectivity index (χ4n) is 1.87. The molecule has 0 saturated carbocycles. The van der Waals surface area contributed by atoms with Crippen LogP contribution in [0.4, 0.5) is 0 Å². The van der Waals surface area contributed by atoms with Crippen LogP contribution < -0.4 is 5.32 Å². The van der Waals surface area contributed by atoms with Crippen LogP contribution in [0.3, 0.4) is 0 Å². The molecule has 0 unspecified atom stereocenters. The summed E-state index contributed by atoms with van der Waals surface area (Å²) >= 11 is 0. The Balaban J connectivity index is 1.76. The van der Waals surface area contributed by atoms with Gasteiger partial charge in [0.1, 0.15) is 5.76 Å². The van der Waals surface area contributed by atoms with Crippen LogP contribution in [0, 0.1) is 6.92 Å². The van der Waals surface area contributed by atoms with E-state index in [1.165, 1.54) is 11.6 Å². The van der Waals surface area contributed by atoms with Crippen molar-refractivity contribution in [1.82, 2.24) is 5.32 Å². The summed E-state index contributed by atoms with van der Waals surface area (Å²) in [6.45, 7) is 2.21. The number of furan rings is 1. The molecular weight excluding hydrogens is 270 g/mol. The van der Waals surface area contributed by atoms with Crippen LogP contribution in [0.25, 0.3) is 0 Å². The van der Waals surface area contributed by atoms with Crippen molar-refractivity contribution in [2.24, 2.45) is 0 Å². The van der Waals surface area contributed by atoms with Gasteiger partial charge in [0, 0.05) is 6.42 Å². The summed E-state index contributed by atoms with van der Waals surface area (Å²) in [5.74, 6) is -0.911. The van der Waals surface area contributed by atoms with Gasteiger partial charge >= 0.3 is 5.97 Å². The molecule has 0 radical (unpaired) electrons. The molecule has 1 heterocycles. The number of carboxylic acid groups (broad SMARTS) is 1. The summed E-state index contributed by atoms with van der Waals surface area (Å²) in [6.07, 6.45) is 1.06. The van der Waals surface area contributed by atoms with Crippen LogP contribution in [0.2, 0.25) is 0 Å². The number of amides is 1. The Morgan fingerprint density at radius 1 is 1.14 bits per heavy atom. The number of benzene rings is 1. The highest BCUT2D eigenvalue weighted by Crippen LogP contribution is 2.08. The van der Waals surface area contributed by atoms with E-state index >= 15 is 0 Å². The van der Waals surface area contributed by atoms with E-state index in [9.17, 15) is 9.59 Å². The quantitative estimate of drug-likeness (QED) is 0.855. The zero-order chi connectivity index (χ0) is 15.2. The second-order valence-electron chi connectivity index (χ2n) is 4.83. The van der Waals surface area contributed by atoms with Gasteiger partial charge in [-0.15, -0.1) is 0 Å². The van der Waals surface area contributed by atoms with Crippen molar-refractivity contribution < 1.29 is 19.1 Å². The Labute approximate surface area is 122 Å². The topological polar surface area (TPSA) is 79.5 Å². The highest BCUT2D eigenvalue weighted by molar-refractivity contribution is 5.84. The van der Waals surface area contributed by atoms with E-state index < -0.39 is 5.97 Å². The number of aromatic carboxylic acids is 1. The van der Waals surface area contributed by atoms with Gasteiger partial charge < -0.3 is 14.8 Å². The third-order valence-corrected chi connectivity index (χ3v) is 3.09. The highest BCUT2D eigenvalue weighted by Gasteiger charge is 2.09. The molecule has 0 bridgehead atoms. The van der Waals surface area contributed by atoms with E-state index in [4.69, 9.17) is 9.52 Å². The van der Waals surface area contributed by atoms with Crippen LogP contribution >= 0.6 is 0 Å². The van der Waals surface area contributed by atoms with Gasteiger partial charge in [-0.3, -0.25) is 4.79 Å². The Morgan fingerprint density at radius 3 is 2.48 bits per heavy atom. The zero-order valence-corrected chi connectivity index (χ0v) is 11.8. The molecule has 0 spiro atoms. The summed E-state index contributed by atoms with van der Waals surface area (Å²) in [6, 6.07) is 11.0. The van der Waals surface area contributed by atoms with Gasteiger partial charge in [-0.25, -0.2) is 4.79 Å². The van der Waals surface area contributed by atoms with Crippen molar-refractivity contribution >= 4 is 11.9 Å². The van der Waals surface area contributed by atoms with Gasteiger partial charge in [0.2, 0.25) is 11.7 Å². The molecule has 5 heteroatoms. The van der Waals surface area contributed by atoms with Gasteiger partial charge in [-0.1, -0.05) is 29.8 Å². The lowest BCUT2D eigenvalue weighted by atomic mass is 10.1. The number of carbonyl (C=O) groups excluding carboxylic acids is 1. The molecule has 2 rings (SSSR count). The third-order valence-electron chi connectivity index (χ3n) is 3.09. The van der Waals surface area contributed by atoms with Gasteiger partial charge in [0.15, 0.2) is 0 Å². The minimum absolute atomic E-state index is 0.0937. The first kappa shape index (κ1) is 14.8. The van der Waals surface area contributed by atoms with Crippen molar-refractivity contribution in [1.29, 1.82) is 0 Å². The molecule has 1 aromatic carbocycles. The average Bonchev–Trinajstić information content (AvgIpc) is 2.93. The monoisotopic (exact) mass is 287 g/mol. The molecule has 0 aliphatic heterocycles. The number of nitrogens with one attached hydrogen (secondary N) is 1. The van der Waals surface area contributed by atoms with Crippen molar-refractivity contribution in [2.75, 3.05) is 0 Å². The largest absolute Gasteiger partial charge is 0.475 e. The number of aryl methyl sites for hydroxylation is 2. The lowest BCUT2D eigenvalue weighted by Crippen LogP contribution is -2.22. The third kappa shape index (κ3) is 4.49. The fourth-order valence-corrected chi connectivity index (χ4v) is 1.87. The van der Waals surface area contributed by atoms with Crippen LogP contribution in [-0.2, 0) is 17.8 Å². The van der Waals surface area contributed by atoms with Crippen molar-refractivity contribution in [3.05, 3.63) is 59.0 Å². The van der Waals surface area contributed by atoms with E-state index in [0.717, 1.165) is 5.56 Å². The maximum Gasteiger partial charge on any atom is 0.371 e. The maximum atomic E-state index is 11.7. The Morgan fingerprint density at radius 2 is 1.86 bits per heavy atom.